The molecular weight excluding hydrogens is 288 g/mol. The summed E-state index contributed by atoms with van der Waals surface area (Å²) in [5.41, 5.74) is -0.453. The molecule has 1 heterocycles. The molecule has 8 heteroatoms. The lowest BCUT2D eigenvalue weighted by Gasteiger charge is -2.07. The lowest BCUT2D eigenvalue weighted by Crippen LogP contribution is -2.00. The van der Waals surface area contributed by atoms with Gasteiger partial charge in [0.25, 0.3) is 0 Å². The summed E-state index contributed by atoms with van der Waals surface area (Å²) in [6.07, 6.45) is 1.15. The van der Waals surface area contributed by atoms with E-state index >= 15 is 0 Å². The Morgan fingerprint density at radius 3 is 2.65 bits per heavy atom. The van der Waals surface area contributed by atoms with Crippen molar-refractivity contribution in [2.45, 2.75) is 0 Å². The van der Waals surface area contributed by atoms with Crippen molar-refractivity contribution in [3.8, 4) is 11.5 Å². The third-order valence-corrected chi connectivity index (χ3v) is 2.62. The molecule has 102 valence electrons. The van der Waals surface area contributed by atoms with E-state index in [1.807, 2.05) is 0 Å². The van der Waals surface area contributed by atoms with Gasteiger partial charge in [-0.1, -0.05) is 17.7 Å². The molecule has 0 aliphatic heterocycles. The molecule has 0 aliphatic rings. The second-order valence-electron chi connectivity index (χ2n) is 3.63. The summed E-state index contributed by atoms with van der Waals surface area (Å²) in [6, 6.07) is 6.69. The first-order valence-electron chi connectivity index (χ1n) is 5.29. The summed E-state index contributed by atoms with van der Waals surface area (Å²) in [5.74, 6) is -1.16. The molecular formula is C12H7ClN2O5. The Morgan fingerprint density at radius 2 is 2.10 bits per heavy atom. The van der Waals surface area contributed by atoms with Gasteiger partial charge in [-0.05, 0) is 18.2 Å². The number of halogens is 1. The molecule has 2 rings (SSSR count). The van der Waals surface area contributed by atoms with Crippen molar-refractivity contribution in [2.75, 3.05) is 0 Å². The summed E-state index contributed by atoms with van der Waals surface area (Å²) in [7, 11) is 0. The summed E-state index contributed by atoms with van der Waals surface area (Å²) >= 11 is 5.86. The van der Waals surface area contributed by atoms with Gasteiger partial charge in [-0.15, -0.1) is 0 Å². The van der Waals surface area contributed by atoms with Crippen LogP contribution in [0.25, 0.3) is 0 Å². The van der Waals surface area contributed by atoms with Gasteiger partial charge in [0.05, 0.1) is 16.1 Å². The van der Waals surface area contributed by atoms with Crippen LogP contribution in [-0.2, 0) is 0 Å². The van der Waals surface area contributed by atoms with E-state index in [1.54, 1.807) is 0 Å². The predicted molar refractivity (Wildman–Crippen MR) is 69.4 cm³/mol. The topological polar surface area (TPSA) is 103 Å². The number of benzene rings is 1. The van der Waals surface area contributed by atoms with Crippen molar-refractivity contribution >= 4 is 23.3 Å². The van der Waals surface area contributed by atoms with E-state index in [4.69, 9.17) is 21.4 Å². The van der Waals surface area contributed by atoms with Crippen molar-refractivity contribution in [1.82, 2.24) is 4.98 Å². The molecule has 0 amide bonds. The average molecular weight is 295 g/mol. The van der Waals surface area contributed by atoms with Crippen LogP contribution in [0.3, 0.4) is 0 Å². The number of nitrogens with zero attached hydrogens (tertiary/aromatic N) is 2. The van der Waals surface area contributed by atoms with Crippen LogP contribution in [0.1, 0.15) is 10.5 Å². The molecule has 0 radical (unpaired) electrons. The lowest BCUT2D eigenvalue weighted by molar-refractivity contribution is -0.385. The molecule has 20 heavy (non-hydrogen) atoms. The minimum Gasteiger partial charge on any atom is -0.477 e. The number of rotatable bonds is 4. The van der Waals surface area contributed by atoms with Crippen molar-refractivity contribution in [3.05, 3.63) is 57.4 Å². The monoisotopic (exact) mass is 294 g/mol. The molecule has 0 aliphatic carbocycles. The molecule has 0 saturated carbocycles. The van der Waals surface area contributed by atoms with E-state index in [0.29, 0.717) is 0 Å². The highest BCUT2D eigenvalue weighted by Gasteiger charge is 2.19. The zero-order chi connectivity index (χ0) is 14.7. The summed E-state index contributed by atoms with van der Waals surface area (Å²) in [6.45, 7) is 0. The first kappa shape index (κ1) is 13.8. The van der Waals surface area contributed by atoms with Gasteiger partial charge in [-0.3, -0.25) is 10.1 Å². The van der Waals surface area contributed by atoms with Crippen LogP contribution in [0.2, 0.25) is 5.02 Å². The van der Waals surface area contributed by atoms with Crippen LogP contribution in [-0.4, -0.2) is 21.0 Å². The molecule has 0 unspecified atom stereocenters. The Bertz CT molecular complexity index is 672. The van der Waals surface area contributed by atoms with Gasteiger partial charge in [0.2, 0.25) is 5.75 Å². The van der Waals surface area contributed by atoms with Crippen molar-refractivity contribution in [1.29, 1.82) is 0 Å². The summed E-state index contributed by atoms with van der Waals surface area (Å²) < 4.78 is 5.31. The van der Waals surface area contributed by atoms with Crippen LogP contribution in [0.15, 0.2) is 36.5 Å². The second-order valence-corrected chi connectivity index (χ2v) is 4.04. The van der Waals surface area contributed by atoms with E-state index in [0.717, 1.165) is 6.20 Å². The first-order chi connectivity index (χ1) is 9.49. The van der Waals surface area contributed by atoms with E-state index in [2.05, 4.69) is 4.98 Å². The quantitative estimate of drug-likeness (QED) is 0.686. The Balaban J connectivity index is 2.34. The van der Waals surface area contributed by atoms with Crippen LogP contribution in [0, 0.1) is 10.1 Å². The van der Waals surface area contributed by atoms with Crippen LogP contribution >= 0.6 is 11.6 Å². The molecule has 0 fully saturated rings. The molecule has 1 aromatic carbocycles. The zero-order valence-electron chi connectivity index (χ0n) is 9.82. The number of carboxylic acid groups (broad SMARTS) is 1. The standard InChI is InChI=1S/C12H7ClN2O5/c13-8-2-1-3-10(15(18)19)11(8)20-7-4-5-9(12(16)17)14-6-7/h1-6H,(H,16,17). The third-order valence-electron chi connectivity index (χ3n) is 2.32. The molecule has 2 aromatic rings. The maximum atomic E-state index is 10.9. The molecule has 0 atom stereocenters. The summed E-state index contributed by atoms with van der Waals surface area (Å²) in [5, 5.41) is 19.7. The number of hydrogen-bond acceptors (Lipinski definition) is 5. The van der Waals surface area contributed by atoms with Gasteiger partial charge in [0.1, 0.15) is 11.4 Å². The Hall–Kier alpha value is -2.67. The van der Waals surface area contributed by atoms with Crippen LogP contribution < -0.4 is 4.74 Å². The number of nitro groups is 1. The molecule has 1 aromatic heterocycles. The average Bonchev–Trinajstić information content (AvgIpc) is 2.41. The number of carbonyl (C=O) groups is 1. The predicted octanol–water partition coefficient (Wildman–Crippen LogP) is 3.13. The van der Waals surface area contributed by atoms with Gasteiger partial charge in [0.15, 0.2) is 0 Å². The lowest BCUT2D eigenvalue weighted by atomic mass is 10.3. The number of nitro benzene ring substituents is 1. The Morgan fingerprint density at radius 1 is 1.35 bits per heavy atom. The number of ether oxygens (including phenoxy) is 1. The fraction of sp³-hybridized carbons (Fsp3) is 0. The van der Waals surface area contributed by atoms with Gasteiger partial charge in [-0.25, -0.2) is 9.78 Å². The normalized spacial score (nSPS) is 10.1. The molecule has 0 spiro atoms. The van der Waals surface area contributed by atoms with E-state index in [1.165, 1.54) is 30.3 Å². The van der Waals surface area contributed by atoms with Crippen LogP contribution in [0.5, 0.6) is 11.5 Å². The zero-order valence-corrected chi connectivity index (χ0v) is 10.6. The maximum absolute atomic E-state index is 10.9. The summed E-state index contributed by atoms with van der Waals surface area (Å²) in [4.78, 5) is 24.6. The molecule has 1 N–H and O–H groups in total. The largest absolute Gasteiger partial charge is 0.477 e. The fourth-order valence-electron chi connectivity index (χ4n) is 1.43. The van der Waals surface area contributed by atoms with Gasteiger partial charge in [0, 0.05) is 6.07 Å². The van der Waals surface area contributed by atoms with E-state index in [9.17, 15) is 14.9 Å². The molecule has 0 bridgehead atoms. The molecule has 0 saturated heterocycles. The Kier molecular flexibility index (Phi) is 3.81. The third kappa shape index (κ3) is 2.83. The number of pyridine rings is 1. The van der Waals surface area contributed by atoms with Gasteiger partial charge < -0.3 is 9.84 Å². The van der Waals surface area contributed by atoms with E-state index in [-0.39, 0.29) is 27.9 Å². The second kappa shape index (κ2) is 5.54. The van der Waals surface area contributed by atoms with Crippen LogP contribution in [0.4, 0.5) is 5.69 Å². The molecule has 7 nitrogen and oxygen atoms in total. The number of carboxylic acids is 1. The highest BCUT2D eigenvalue weighted by atomic mass is 35.5. The van der Waals surface area contributed by atoms with Crippen molar-refractivity contribution in [2.24, 2.45) is 0 Å². The SMILES string of the molecule is O=C(O)c1ccc(Oc2c(Cl)cccc2[N+](=O)[O-])cn1. The first-order valence-corrected chi connectivity index (χ1v) is 5.67. The number of hydrogen-bond donors (Lipinski definition) is 1. The van der Waals surface area contributed by atoms with Crippen molar-refractivity contribution in [3.63, 3.8) is 0 Å². The van der Waals surface area contributed by atoms with Crippen molar-refractivity contribution < 1.29 is 19.6 Å². The highest BCUT2D eigenvalue weighted by molar-refractivity contribution is 6.32. The van der Waals surface area contributed by atoms with Gasteiger partial charge >= 0.3 is 11.7 Å². The fourth-order valence-corrected chi connectivity index (χ4v) is 1.64. The minimum absolute atomic E-state index is 0.0708. The van der Waals surface area contributed by atoms with E-state index < -0.39 is 10.9 Å². The van der Waals surface area contributed by atoms with Gasteiger partial charge in [-0.2, -0.15) is 0 Å². The Labute approximate surface area is 117 Å². The number of aromatic carboxylic acids is 1. The smallest absolute Gasteiger partial charge is 0.354 e. The highest BCUT2D eigenvalue weighted by Crippen LogP contribution is 2.37. The number of aromatic nitrogens is 1. The number of para-hydroxylation sites is 1. The minimum atomic E-state index is -1.18. The maximum Gasteiger partial charge on any atom is 0.354 e.